The summed E-state index contributed by atoms with van der Waals surface area (Å²) in [6.07, 6.45) is 1.64. The normalized spacial score (nSPS) is 10.2. The summed E-state index contributed by atoms with van der Waals surface area (Å²) in [6.45, 7) is 0.363. The molecular formula is C12H13BrN4O3. The molecule has 0 bridgehead atoms. The van der Waals surface area contributed by atoms with Crippen molar-refractivity contribution in [3.8, 4) is 0 Å². The number of anilines is 2. The Bertz CT molecular complexity index is 614. The standard InChI is InChI=1S/C12H13BrN4O3/c1-14-10-8(13)6-16-12(17-10)15-5-7-3-4-9(20-7)11(18)19-2/h3-4,6H,5H2,1-2H3,(H2,14,15,16,17). The number of rotatable bonds is 5. The fourth-order valence-corrected chi connectivity index (χ4v) is 1.87. The van der Waals surface area contributed by atoms with Gasteiger partial charge in [-0.2, -0.15) is 4.98 Å². The molecule has 0 saturated heterocycles. The zero-order valence-electron chi connectivity index (χ0n) is 10.9. The van der Waals surface area contributed by atoms with Gasteiger partial charge in [0.15, 0.2) is 0 Å². The van der Waals surface area contributed by atoms with Gasteiger partial charge in [-0.05, 0) is 28.1 Å². The molecule has 7 nitrogen and oxygen atoms in total. The highest BCUT2D eigenvalue weighted by molar-refractivity contribution is 9.10. The van der Waals surface area contributed by atoms with Crippen LogP contribution in [-0.4, -0.2) is 30.1 Å². The van der Waals surface area contributed by atoms with Crippen molar-refractivity contribution in [2.75, 3.05) is 24.8 Å². The number of esters is 1. The molecular weight excluding hydrogens is 328 g/mol. The van der Waals surface area contributed by atoms with E-state index in [1.54, 1.807) is 25.4 Å². The van der Waals surface area contributed by atoms with Crippen LogP contribution in [0.1, 0.15) is 16.3 Å². The first kappa shape index (κ1) is 14.3. The summed E-state index contributed by atoms with van der Waals surface area (Å²) in [5.74, 6) is 1.37. The van der Waals surface area contributed by atoms with Crippen LogP contribution in [0, 0.1) is 0 Å². The number of furan rings is 1. The molecule has 20 heavy (non-hydrogen) atoms. The maximum Gasteiger partial charge on any atom is 0.373 e. The number of hydrogen-bond donors (Lipinski definition) is 2. The SMILES string of the molecule is CNc1nc(NCc2ccc(C(=O)OC)o2)ncc1Br. The fraction of sp³-hybridized carbons (Fsp3) is 0.250. The molecule has 0 aliphatic rings. The summed E-state index contributed by atoms with van der Waals surface area (Å²) in [4.78, 5) is 19.6. The molecule has 0 amide bonds. The monoisotopic (exact) mass is 340 g/mol. The van der Waals surface area contributed by atoms with Crippen LogP contribution in [0.15, 0.2) is 27.2 Å². The molecule has 0 saturated carbocycles. The van der Waals surface area contributed by atoms with Crippen molar-refractivity contribution in [1.29, 1.82) is 0 Å². The molecule has 0 atom stereocenters. The minimum atomic E-state index is -0.506. The van der Waals surface area contributed by atoms with E-state index in [4.69, 9.17) is 4.42 Å². The summed E-state index contributed by atoms with van der Waals surface area (Å²) in [5.41, 5.74) is 0. The summed E-state index contributed by atoms with van der Waals surface area (Å²) in [7, 11) is 3.07. The molecule has 2 aromatic rings. The number of methoxy groups -OCH3 is 1. The van der Waals surface area contributed by atoms with Gasteiger partial charge in [0.25, 0.3) is 0 Å². The summed E-state index contributed by atoms with van der Waals surface area (Å²) in [6, 6.07) is 3.25. The van der Waals surface area contributed by atoms with Gasteiger partial charge in [0.2, 0.25) is 11.7 Å². The van der Waals surface area contributed by atoms with Crippen molar-refractivity contribution in [3.05, 3.63) is 34.3 Å². The van der Waals surface area contributed by atoms with Crippen LogP contribution in [0.2, 0.25) is 0 Å². The van der Waals surface area contributed by atoms with Gasteiger partial charge in [-0.15, -0.1) is 0 Å². The van der Waals surface area contributed by atoms with Crippen LogP contribution in [0.5, 0.6) is 0 Å². The smallest absolute Gasteiger partial charge is 0.373 e. The Kier molecular flexibility index (Phi) is 4.57. The number of carbonyl (C=O) groups is 1. The lowest BCUT2D eigenvalue weighted by Crippen LogP contribution is -2.05. The lowest BCUT2D eigenvalue weighted by Gasteiger charge is -2.06. The first-order chi connectivity index (χ1) is 9.63. The molecule has 0 aliphatic carbocycles. The van der Waals surface area contributed by atoms with Crippen LogP contribution in [0.3, 0.4) is 0 Å². The molecule has 2 N–H and O–H groups in total. The van der Waals surface area contributed by atoms with E-state index in [-0.39, 0.29) is 5.76 Å². The van der Waals surface area contributed by atoms with Gasteiger partial charge in [0.1, 0.15) is 11.6 Å². The zero-order valence-corrected chi connectivity index (χ0v) is 12.5. The van der Waals surface area contributed by atoms with Crippen molar-refractivity contribution in [3.63, 3.8) is 0 Å². The maximum absolute atomic E-state index is 11.2. The summed E-state index contributed by atoms with van der Waals surface area (Å²) in [5, 5.41) is 5.94. The molecule has 0 spiro atoms. The number of halogens is 1. The first-order valence-electron chi connectivity index (χ1n) is 5.75. The summed E-state index contributed by atoms with van der Waals surface area (Å²) >= 11 is 3.33. The number of ether oxygens (including phenoxy) is 1. The molecule has 8 heteroatoms. The lowest BCUT2D eigenvalue weighted by atomic mass is 10.4. The number of hydrogen-bond acceptors (Lipinski definition) is 7. The van der Waals surface area contributed by atoms with Crippen molar-refractivity contribution in [1.82, 2.24) is 9.97 Å². The highest BCUT2D eigenvalue weighted by Gasteiger charge is 2.11. The number of nitrogens with one attached hydrogen (secondary N) is 2. The second-order valence-corrected chi connectivity index (χ2v) is 4.61. The summed E-state index contributed by atoms with van der Waals surface area (Å²) < 4.78 is 10.7. The Balaban J connectivity index is 2.01. The van der Waals surface area contributed by atoms with Crippen LogP contribution in [0.4, 0.5) is 11.8 Å². The topological polar surface area (TPSA) is 89.3 Å². The highest BCUT2D eigenvalue weighted by atomic mass is 79.9. The first-order valence-corrected chi connectivity index (χ1v) is 6.54. The Morgan fingerprint density at radius 1 is 1.50 bits per heavy atom. The van der Waals surface area contributed by atoms with Gasteiger partial charge >= 0.3 is 5.97 Å². The molecule has 0 radical (unpaired) electrons. The van der Waals surface area contributed by atoms with E-state index in [1.807, 2.05) is 0 Å². The minimum Gasteiger partial charge on any atom is -0.463 e. The van der Waals surface area contributed by atoms with Gasteiger partial charge in [-0.25, -0.2) is 9.78 Å². The quantitative estimate of drug-likeness (QED) is 0.807. The van der Waals surface area contributed by atoms with E-state index in [1.165, 1.54) is 7.11 Å². The van der Waals surface area contributed by atoms with E-state index < -0.39 is 5.97 Å². The molecule has 0 fully saturated rings. The Morgan fingerprint density at radius 2 is 2.30 bits per heavy atom. The minimum absolute atomic E-state index is 0.164. The maximum atomic E-state index is 11.2. The molecule has 0 aliphatic heterocycles. The Hall–Kier alpha value is -2.09. The van der Waals surface area contributed by atoms with Gasteiger partial charge in [0, 0.05) is 13.2 Å². The van der Waals surface area contributed by atoms with E-state index in [2.05, 4.69) is 41.3 Å². The van der Waals surface area contributed by atoms with Crippen molar-refractivity contribution in [2.24, 2.45) is 0 Å². The van der Waals surface area contributed by atoms with E-state index in [0.29, 0.717) is 24.1 Å². The average molecular weight is 341 g/mol. The number of carbonyl (C=O) groups excluding carboxylic acids is 1. The molecule has 2 heterocycles. The average Bonchev–Trinajstić information content (AvgIpc) is 2.94. The fourth-order valence-electron chi connectivity index (χ4n) is 1.48. The predicted molar refractivity (Wildman–Crippen MR) is 76.7 cm³/mol. The van der Waals surface area contributed by atoms with Gasteiger partial charge < -0.3 is 19.8 Å². The van der Waals surface area contributed by atoms with Crippen molar-refractivity contribution in [2.45, 2.75) is 6.54 Å². The van der Waals surface area contributed by atoms with Gasteiger partial charge in [-0.1, -0.05) is 0 Å². The third-order valence-electron chi connectivity index (χ3n) is 2.45. The highest BCUT2D eigenvalue weighted by Crippen LogP contribution is 2.19. The van der Waals surface area contributed by atoms with Crippen LogP contribution >= 0.6 is 15.9 Å². The molecule has 0 aromatic carbocycles. The second kappa shape index (κ2) is 6.38. The third kappa shape index (κ3) is 3.27. The number of aromatic nitrogens is 2. The van der Waals surface area contributed by atoms with Crippen molar-refractivity contribution < 1.29 is 13.9 Å². The molecule has 0 unspecified atom stereocenters. The van der Waals surface area contributed by atoms with Crippen LogP contribution in [0.25, 0.3) is 0 Å². The second-order valence-electron chi connectivity index (χ2n) is 3.75. The van der Waals surface area contributed by atoms with Crippen LogP contribution in [-0.2, 0) is 11.3 Å². The molecule has 2 rings (SSSR count). The Morgan fingerprint density at radius 3 is 3.00 bits per heavy atom. The van der Waals surface area contributed by atoms with Crippen LogP contribution < -0.4 is 10.6 Å². The largest absolute Gasteiger partial charge is 0.463 e. The predicted octanol–water partition coefficient (Wildman–Crippen LogP) is 2.27. The number of nitrogens with zero attached hydrogens (tertiary/aromatic N) is 2. The van der Waals surface area contributed by atoms with E-state index >= 15 is 0 Å². The van der Waals surface area contributed by atoms with E-state index in [9.17, 15) is 4.79 Å². The van der Waals surface area contributed by atoms with E-state index in [0.717, 1.165) is 4.47 Å². The Labute approximate surface area is 123 Å². The third-order valence-corrected chi connectivity index (χ3v) is 3.03. The zero-order chi connectivity index (χ0) is 14.5. The van der Waals surface area contributed by atoms with Gasteiger partial charge in [-0.3, -0.25) is 0 Å². The van der Waals surface area contributed by atoms with Gasteiger partial charge in [0.05, 0.1) is 18.1 Å². The lowest BCUT2D eigenvalue weighted by molar-refractivity contribution is 0.0563. The molecule has 106 valence electrons. The molecule has 2 aromatic heterocycles. The van der Waals surface area contributed by atoms with Crippen molar-refractivity contribution >= 4 is 33.7 Å².